The molecule has 0 amide bonds. The molecule has 110 valence electrons. The van der Waals surface area contributed by atoms with Gasteiger partial charge in [0.1, 0.15) is 11.5 Å². The first kappa shape index (κ1) is 16.6. The molecule has 0 aromatic carbocycles. The standard InChI is InChI=1S/C17H19N3.H3N/c1-5-8-13(2)11-14(3)17-19-16(12-20(17)4)15-9-6-7-10-18-15;/h5-12H,3H2,1-2,4H3;1H3/b8-5-,13-11-;. The van der Waals surface area contributed by atoms with E-state index in [0.29, 0.717) is 0 Å². The molecule has 21 heavy (non-hydrogen) atoms. The molecular formula is C17H22N4. The Hall–Kier alpha value is -2.46. The third kappa shape index (κ3) is 4.00. The van der Waals surface area contributed by atoms with Crippen molar-refractivity contribution in [3.05, 3.63) is 66.8 Å². The molecule has 0 bridgehead atoms. The molecule has 4 heteroatoms. The van der Waals surface area contributed by atoms with Crippen LogP contribution in [-0.4, -0.2) is 14.5 Å². The van der Waals surface area contributed by atoms with Crippen molar-refractivity contribution in [2.75, 3.05) is 0 Å². The lowest BCUT2D eigenvalue weighted by Gasteiger charge is -2.01. The maximum Gasteiger partial charge on any atom is 0.139 e. The quantitative estimate of drug-likeness (QED) is 0.855. The Morgan fingerprint density at radius 3 is 2.67 bits per heavy atom. The van der Waals surface area contributed by atoms with E-state index < -0.39 is 0 Å². The van der Waals surface area contributed by atoms with E-state index in [9.17, 15) is 0 Å². The van der Waals surface area contributed by atoms with Gasteiger partial charge in [0.05, 0.1) is 5.69 Å². The predicted octanol–water partition coefficient (Wildman–Crippen LogP) is 4.18. The van der Waals surface area contributed by atoms with Gasteiger partial charge < -0.3 is 10.7 Å². The van der Waals surface area contributed by atoms with Crippen LogP contribution in [0.5, 0.6) is 0 Å². The van der Waals surface area contributed by atoms with Gasteiger partial charge in [0.25, 0.3) is 0 Å². The molecule has 3 N–H and O–H groups in total. The summed E-state index contributed by atoms with van der Waals surface area (Å²) in [6.45, 7) is 8.15. The minimum atomic E-state index is 0. The molecule has 0 aliphatic carbocycles. The van der Waals surface area contributed by atoms with Crippen molar-refractivity contribution in [3.8, 4) is 11.4 Å². The van der Waals surface area contributed by atoms with Crippen molar-refractivity contribution < 1.29 is 0 Å². The van der Waals surface area contributed by atoms with Crippen molar-refractivity contribution in [2.24, 2.45) is 7.05 Å². The number of pyridine rings is 1. The van der Waals surface area contributed by atoms with Crippen molar-refractivity contribution in [1.29, 1.82) is 0 Å². The molecule has 0 saturated carbocycles. The topological polar surface area (TPSA) is 65.7 Å². The third-order valence-electron chi connectivity index (χ3n) is 2.92. The summed E-state index contributed by atoms with van der Waals surface area (Å²) in [6.07, 6.45) is 9.84. The van der Waals surface area contributed by atoms with E-state index in [1.165, 1.54) is 0 Å². The van der Waals surface area contributed by atoms with Crippen LogP contribution >= 0.6 is 0 Å². The van der Waals surface area contributed by atoms with Gasteiger partial charge in [-0.15, -0.1) is 0 Å². The average Bonchev–Trinajstić information content (AvgIpc) is 2.82. The van der Waals surface area contributed by atoms with Gasteiger partial charge in [0, 0.05) is 25.0 Å². The first-order chi connectivity index (χ1) is 9.61. The second-order valence-corrected chi connectivity index (χ2v) is 4.69. The summed E-state index contributed by atoms with van der Waals surface area (Å²) in [6, 6.07) is 5.81. The van der Waals surface area contributed by atoms with Gasteiger partial charge >= 0.3 is 0 Å². The van der Waals surface area contributed by atoms with Crippen molar-refractivity contribution in [2.45, 2.75) is 13.8 Å². The Labute approximate surface area is 126 Å². The van der Waals surface area contributed by atoms with Crippen LogP contribution < -0.4 is 6.15 Å². The zero-order chi connectivity index (χ0) is 14.5. The van der Waals surface area contributed by atoms with E-state index in [1.807, 2.05) is 68.1 Å². The second kappa shape index (κ2) is 7.36. The normalized spacial score (nSPS) is 11.5. The van der Waals surface area contributed by atoms with Crippen LogP contribution in [0.15, 0.2) is 61.0 Å². The number of hydrogen-bond donors (Lipinski definition) is 1. The van der Waals surface area contributed by atoms with Gasteiger partial charge in [-0.2, -0.15) is 0 Å². The molecule has 0 radical (unpaired) electrons. The SMILES string of the molecule is C=C(/C=C(C)\C=C/C)c1nc(-c2ccccn2)cn1C.N. The van der Waals surface area contributed by atoms with Crippen LogP contribution in [0.2, 0.25) is 0 Å². The lowest BCUT2D eigenvalue weighted by molar-refractivity contribution is 0.892. The van der Waals surface area contributed by atoms with Gasteiger partial charge in [-0.05, 0) is 32.1 Å². The second-order valence-electron chi connectivity index (χ2n) is 4.69. The molecule has 0 aliphatic rings. The Morgan fingerprint density at radius 1 is 1.29 bits per heavy atom. The third-order valence-corrected chi connectivity index (χ3v) is 2.92. The summed E-state index contributed by atoms with van der Waals surface area (Å²) < 4.78 is 1.98. The van der Waals surface area contributed by atoms with Crippen molar-refractivity contribution >= 4 is 5.57 Å². The largest absolute Gasteiger partial charge is 0.344 e. The van der Waals surface area contributed by atoms with Crippen LogP contribution in [0.3, 0.4) is 0 Å². The highest BCUT2D eigenvalue weighted by Gasteiger charge is 2.09. The van der Waals surface area contributed by atoms with E-state index >= 15 is 0 Å². The number of hydrogen-bond acceptors (Lipinski definition) is 3. The van der Waals surface area contributed by atoms with Gasteiger partial charge in [-0.3, -0.25) is 4.98 Å². The van der Waals surface area contributed by atoms with Gasteiger partial charge in [-0.25, -0.2) is 4.98 Å². The molecule has 0 aliphatic heterocycles. The molecule has 0 spiro atoms. The highest BCUT2D eigenvalue weighted by Crippen LogP contribution is 2.20. The van der Waals surface area contributed by atoms with E-state index in [4.69, 9.17) is 0 Å². The maximum absolute atomic E-state index is 4.63. The maximum atomic E-state index is 4.63. The molecule has 0 fully saturated rings. The zero-order valence-electron chi connectivity index (χ0n) is 12.9. The zero-order valence-corrected chi connectivity index (χ0v) is 12.9. The molecule has 2 aromatic rings. The molecule has 2 heterocycles. The highest BCUT2D eigenvalue weighted by molar-refractivity contribution is 5.71. The van der Waals surface area contributed by atoms with E-state index in [2.05, 4.69) is 16.5 Å². The Bertz CT molecular complexity index is 663. The summed E-state index contributed by atoms with van der Waals surface area (Å²) in [5.41, 5.74) is 3.78. The fourth-order valence-corrected chi connectivity index (χ4v) is 2.05. The van der Waals surface area contributed by atoms with Crippen LogP contribution in [0.1, 0.15) is 19.7 Å². The van der Waals surface area contributed by atoms with E-state index in [0.717, 1.165) is 28.4 Å². The molecule has 0 atom stereocenters. The summed E-state index contributed by atoms with van der Waals surface area (Å²) in [5, 5.41) is 0. The molecule has 2 rings (SSSR count). The smallest absolute Gasteiger partial charge is 0.139 e. The number of imidazole rings is 1. The number of allylic oxidation sites excluding steroid dienone is 5. The fourth-order valence-electron chi connectivity index (χ4n) is 2.05. The monoisotopic (exact) mass is 282 g/mol. The molecule has 0 saturated heterocycles. The lowest BCUT2D eigenvalue weighted by Crippen LogP contribution is -1.93. The number of aryl methyl sites for hydroxylation is 1. The molecule has 0 unspecified atom stereocenters. The van der Waals surface area contributed by atoms with Crippen LogP contribution in [0.4, 0.5) is 0 Å². The Morgan fingerprint density at radius 2 is 2.05 bits per heavy atom. The number of aromatic nitrogens is 3. The van der Waals surface area contributed by atoms with Gasteiger partial charge in [-0.1, -0.05) is 30.4 Å². The Balaban J connectivity index is 0.00000220. The minimum absolute atomic E-state index is 0. The summed E-state index contributed by atoms with van der Waals surface area (Å²) in [4.78, 5) is 8.95. The summed E-state index contributed by atoms with van der Waals surface area (Å²) >= 11 is 0. The average molecular weight is 282 g/mol. The van der Waals surface area contributed by atoms with E-state index in [-0.39, 0.29) is 6.15 Å². The van der Waals surface area contributed by atoms with Crippen molar-refractivity contribution in [3.63, 3.8) is 0 Å². The summed E-state index contributed by atoms with van der Waals surface area (Å²) in [5.74, 6) is 0.856. The molecule has 2 aromatic heterocycles. The highest BCUT2D eigenvalue weighted by atomic mass is 15.1. The minimum Gasteiger partial charge on any atom is -0.344 e. The first-order valence-corrected chi connectivity index (χ1v) is 6.57. The summed E-state index contributed by atoms with van der Waals surface area (Å²) in [7, 11) is 1.97. The fraction of sp³-hybridized carbons (Fsp3) is 0.176. The molecule has 4 nitrogen and oxygen atoms in total. The van der Waals surface area contributed by atoms with Gasteiger partial charge in [0.2, 0.25) is 0 Å². The number of rotatable bonds is 4. The first-order valence-electron chi connectivity index (χ1n) is 6.57. The van der Waals surface area contributed by atoms with E-state index in [1.54, 1.807) is 6.20 Å². The predicted molar refractivity (Wildman–Crippen MR) is 89.1 cm³/mol. The van der Waals surface area contributed by atoms with Crippen LogP contribution in [0.25, 0.3) is 17.0 Å². The van der Waals surface area contributed by atoms with Crippen LogP contribution in [0, 0.1) is 0 Å². The lowest BCUT2D eigenvalue weighted by atomic mass is 10.1. The molecular weight excluding hydrogens is 260 g/mol. The number of nitrogens with zero attached hydrogens (tertiary/aromatic N) is 3. The van der Waals surface area contributed by atoms with Crippen LogP contribution in [-0.2, 0) is 7.05 Å². The Kier molecular flexibility index (Phi) is 5.81. The van der Waals surface area contributed by atoms with Crippen molar-refractivity contribution in [1.82, 2.24) is 20.7 Å². The van der Waals surface area contributed by atoms with Gasteiger partial charge in [0.15, 0.2) is 0 Å².